The van der Waals surface area contributed by atoms with Gasteiger partial charge in [0, 0.05) is 24.3 Å². The molecule has 1 saturated heterocycles. The zero-order valence-corrected chi connectivity index (χ0v) is 16.0. The number of carbonyl (C=O) groups excluding carboxylic acids is 1. The summed E-state index contributed by atoms with van der Waals surface area (Å²) in [6.45, 7) is 7.50. The molecule has 4 rings (SSSR count). The third-order valence-electron chi connectivity index (χ3n) is 5.44. The van der Waals surface area contributed by atoms with E-state index in [-0.39, 0.29) is 11.8 Å². The number of benzene rings is 1. The number of hydrogen-bond donors (Lipinski definition) is 1. The Kier molecular flexibility index (Phi) is 4.56. The van der Waals surface area contributed by atoms with Crippen LogP contribution in [0.3, 0.4) is 0 Å². The van der Waals surface area contributed by atoms with Gasteiger partial charge in [-0.3, -0.25) is 4.79 Å². The predicted molar refractivity (Wildman–Crippen MR) is 106 cm³/mol. The van der Waals surface area contributed by atoms with Crippen molar-refractivity contribution in [1.82, 2.24) is 9.97 Å². The van der Waals surface area contributed by atoms with E-state index in [1.54, 1.807) is 0 Å². The standard InChI is InChI=1S/C21H24N4O2/c1-13-7-4-5-9-17(13)24-20(26)16-8-6-10-25(11-16)19-18-14(2)15(3)27-21(18)23-12-22-19/h4-5,7,9,12,16H,6,8,10-11H2,1-3H3,(H,24,26). The Morgan fingerprint density at radius 2 is 2.04 bits per heavy atom. The quantitative estimate of drug-likeness (QED) is 0.760. The lowest BCUT2D eigenvalue weighted by molar-refractivity contribution is -0.120. The third kappa shape index (κ3) is 3.27. The van der Waals surface area contributed by atoms with Crippen molar-refractivity contribution >= 4 is 28.5 Å². The van der Waals surface area contributed by atoms with E-state index < -0.39 is 0 Å². The Labute approximate surface area is 158 Å². The molecular weight excluding hydrogens is 340 g/mol. The minimum Gasteiger partial charge on any atom is -0.443 e. The van der Waals surface area contributed by atoms with Crippen LogP contribution in [0.2, 0.25) is 0 Å². The molecule has 1 aliphatic heterocycles. The number of aryl methyl sites for hydroxylation is 3. The van der Waals surface area contributed by atoms with Gasteiger partial charge in [0.2, 0.25) is 11.6 Å². The first-order chi connectivity index (χ1) is 13.0. The van der Waals surface area contributed by atoms with Gasteiger partial charge in [0.25, 0.3) is 0 Å². The van der Waals surface area contributed by atoms with Crippen molar-refractivity contribution in [1.29, 1.82) is 0 Å². The molecule has 3 heterocycles. The van der Waals surface area contributed by atoms with Crippen LogP contribution in [-0.4, -0.2) is 29.0 Å². The number of rotatable bonds is 3. The topological polar surface area (TPSA) is 71.3 Å². The maximum atomic E-state index is 12.8. The molecule has 140 valence electrons. The monoisotopic (exact) mass is 364 g/mol. The lowest BCUT2D eigenvalue weighted by Gasteiger charge is -2.33. The average Bonchev–Trinajstić information content (AvgIpc) is 2.98. The van der Waals surface area contributed by atoms with Crippen molar-refractivity contribution in [2.75, 3.05) is 23.3 Å². The highest BCUT2D eigenvalue weighted by atomic mass is 16.3. The number of nitrogens with one attached hydrogen (secondary N) is 1. The highest BCUT2D eigenvalue weighted by Crippen LogP contribution is 2.32. The van der Waals surface area contributed by atoms with E-state index >= 15 is 0 Å². The van der Waals surface area contributed by atoms with E-state index in [0.29, 0.717) is 12.3 Å². The Bertz CT molecular complexity index is 995. The zero-order chi connectivity index (χ0) is 19.0. The summed E-state index contributed by atoms with van der Waals surface area (Å²) in [6.07, 6.45) is 3.37. The van der Waals surface area contributed by atoms with Crippen LogP contribution in [0.1, 0.15) is 29.7 Å². The summed E-state index contributed by atoms with van der Waals surface area (Å²) in [5.74, 6) is 1.72. The number of amides is 1. The van der Waals surface area contributed by atoms with E-state index in [1.807, 2.05) is 45.0 Å². The van der Waals surface area contributed by atoms with Crippen LogP contribution in [0.25, 0.3) is 11.1 Å². The number of aromatic nitrogens is 2. The summed E-state index contributed by atoms with van der Waals surface area (Å²) in [4.78, 5) is 23.8. The van der Waals surface area contributed by atoms with Crippen LogP contribution >= 0.6 is 0 Å². The molecule has 0 aliphatic carbocycles. The minimum absolute atomic E-state index is 0.0689. The SMILES string of the molecule is Cc1ccccc1NC(=O)C1CCCN(c2ncnc3oc(C)c(C)c23)C1. The molecule has 0 radical (unpaired) electrons. The molecule has 1 N–H and O–H groups in total. The van der Waals surface area contributed by atoms with Gasteiger partial charge in [-0.15, -0.1) is 0 Å². The number of para-hydroxylation sites is 1. The molecule has 1 aliphatic rings. The molecule has 1 atom stereocenters. The summed E-state index contributed by atoms with van der Waals surface area (Å²) in [7, 11) is 0. The number of hydrogen-bond acceptors (Lipinski definition) is 5. The number of furan rings is 1. The lowest BCUT2D eigenvalue weighted by Crippen LogP contribution is -2.41. The summed E-state index contributed by atoms with van der Waals surface area (Å²) in [5, 5.41) is 4.04. The maximum Gasteiger partial charge on any atom is 0.231 e. The average molecular weight is 364 g/mol. The van der Waals surface area contributed by atoms with Crippen molar-refractivity contribution in [3.63, 3.8) is 0 Å². The molecule has 1 fully saturated rings. The van der Waals surface area contributed by atoms with Crippen molar-refractivity contribution in [3.05, 3.63) is 47.5 Å². The van der Waals surface area contributed by atoms with E-state index in [2.05, 4.69) is 20.2 Å². The summed E-state index contributed by atoms with van der Waals surface area (Å²) in [5.41, 5.74) is 3.62. The number of nitrogens with zero attached hydrogens (tertiary/aromatic N) is 3. The van der Waals surface area contributed by atoms with Crippen molar-refractivity contribution in [2.45, 2.75) is 33.6 Å². The van der Waals surface area contributed by atoms with Crippen molar-refractivity contribution in [3.8, 4) is 0 Å². The summed E-state index contributed by atoms with van der Waals surface area (Å²) in [6, 6.07) is 7.87. The van der Waals surface area contributed by atoms with Gasteiger partial charge in [0.1, 0.15) is 17.9 Å². The van der Waals surface area contributed by atoms with Crippen molar-refractivity contribution < 1.29 is 9.21 Å². The summed E-state index contributed by atoms with van der Waals surface area (Å²) >= 11 is 0. The Hall–Kier alpha value is -2.89. The molecule has 27 heavy (non-hydrogen) atoms. The fourth-order valence-electron chi connectivity index (χ4n) is 3.74. The van der Waals surface area contributed by atoms with Crippen LogP contribution < -0.4 is 10.2 Å². The first kappa shape index (κ1) is 17.5. The predicted octanol–water partition coefficient (Wildman–Crippen LogP) is 4.00. The van der Waals surface area contributed by atoms with E-state index in [9.17, 15) is 4.79 Å². The molecular formula is C21H24N4O2. The number of carbonyl (C=O) groups is 1. The second kappa shape index (κ2) is 7.02. The second-order valence-electron chi connectivity index (χ2n) is 7.25. The van der Waals surface area contributed by atoms with Crippen molar-refractivity contribution in [2.24, 2.45) is 5.92 Å². The molecule has 0 saturated carbocycles. The van der Waals surface area contributed by atoms with E-state index in [1.165, 1.54) is 6.33 Å². The molecule has 2 aromatic heterocycles. The highest BCUT2D eigenvalue weighted by Gasteiger charge is 2.29. The van der Waals surface area contributed by atoms with Gasteiger partial charge >= 0.3 is 0 Å². The van der Waals surface area contributed by atoms with Gasteiger partial charge in [-0.25, -0.2) is 9.97 Å². The Morgan fingerprint density at radius 3 is 2.85 bits per heavy atom. The van der Waals surface area contributed by atoms with Gasteiger partial charge in [0.15, 0.2) is 0 Å². The minimum atomic E-state index is -0.0725. The molecule has 3 aromatic rings. The first-order valence-electron chi connectivity index (χ1n) is 9.36. The van der Waals surface area contributed by atoms with Crippen LogP contribution in [-0.2, 0) is 4.79 Å². The first-order valence-corrected chi connectivity index (χ1v) is 9.36. The maximum absolute atomic E-state index is 12.8. The van der Waals surface area contributed by atoms with Gasteiger partial charge in [-0.05, 0) is 45.2 Å². The number of fused-ring (bicyclic) bond motifs is 1. The molecule has 1 unspecified atom stereocenters. The molecule has 0 spiro atoms. The van der Waals surface area contributed by atoms with Gasteiger partial charge < -0.3 is 14.6 Å². The fourth-order valence-corrected chi connectivity index (χ4v) is 3.74. The zero-order valence-electron chi connectivity index (χ0n) is 16.0. The summed E-state index contributed by atoms with van der Waals surface area (Å²) < 4.78 is 5.74. The third-order valence-corrected chi connectivity index (χ3v) is 5.44. The van der Waals surface area contributed by atoms with E-state index in [4.69, 9.17) is 4.42 Å². The van der Waals surface area contributed by atoms with Crippen LogP contribution in [0.5, 0.6) is 0 Å². The van der Waals surface area contributed by atoms with Crippen LogP contribution in [0, 0.1) is 26.7 Å². The van der Waals surface area contributed by atoms with Gasteiger partial charge in [-0.1, -0.05) is 18.2 Å². The molecule has 0 bridgehead atoms. The number of piperidine rings is 1. The number of anilines is 2. The molecule has 1 amide bonds. The Morgan fingerprint density at radius 1 is 1.22 bits per heavy atom. The lowest BCUT2D eigenvalue weighted by atomic mass is 9.96. The van der Waals surface area contributed by atoms with Gasteiger partial charge in [0.05, 0.1) is 11.3 Å². The Balaban J connectivity index is 1.57. The highest BCUT2D eigenvalue weighted by molar-refractivity contribution is 5.94. The fraction of sp³-hybridized carbons (Fsp3) is 0.381. The second-order valence-corrected chi connectivity index (χ2v) is 7.25. The normalized spacial score (nSPS) is 17.3. The largest absolute Gasteiger partial charge is 0.443 e. The van der Waals surface area contributed by atoms with Crippen LogP contribution in [0.15, 0.2) is 35.0 Å². The molecule has 6 heteroatoms. The van der Waals surface area contributed by atoms with E-state index in [0.717, 1.165) is 53.2 Å². The van der Waals surface area contributed by atoms with Gasteiger partial charge in [-0.2, -0.15) is 0 Å². The van der Waals surface area contributed by atoms with Crippen LogP contribution in [0.4, 0.5) is 11.5 Å². The smallest absolute Gasteiger partial charge is 0.231 e. The molecule has 1 aromatic carbocycles. The molecule has 6 nitrogen and oxygen atoms in total.